The van der Waals surface area contributed by atoms with E-state index in [9.17, 15) is 32.7 Å². The highest BCUT2D eigenvalue weighted by atomic mass is 19.4. The summed E-state index contributed by atoms with van der Waals surface area (Å²) in [6.07, 6.45) is 0.904. The van der Waals surface area contributed by atoms with E-state index >= 15 is 0 Å². The van der Waals surface area contributed by atoms with Gasteiger partial charge in [0.2, 0.25) is 17.8 Å². The minimum atomic E-state index is -4.28. The highest BCUT2D eigenvalue weighted by molar-refractivity contribution is 6.00. The summed E-state index contributed by atoms with van der Waals surface area (Å²) < 4.78 is 55.0. The number of piperidine rings is 1. The Morgan fingerprint density at radius 3 is 2.33 bits per heavy atom. The van der Waals surface area contributed by atoms with Crippen molar-refractivity contribution in [1.82, 2.24) is 44.0 Å². The van der Waals surface area contributed by atoms with Crippen molar-refractivity contribution in [2.75, 3.05) is 71.0 Å². The number of benzene rings is 2. The molecule has 0 radical (unpaired) electrons. The fourth-order valence-electron chi connectivity index (χ4n) is 8.98. The van der Waals surface area contributed by atoms with Crippen LogP contribution in [0.1, 0.15) is 74.6 Å². The van der Waals surface area contributed by atoms with Gasteiger partial charge in [-0.25, -0.2) is 14.5 Å². The number of nitrogens with one attached hydrogen (secondary N) is 2. The van der Waals surface area contributed by atoms with Crippen LogP contribution in [0.15, 0.2) is 53.5 Å². The average Bonchev–Trinajstić information content (AvgIpc) is 3.77. The molecule has 5 heterocycles. The maximum Gasteiger partial charge on any atom is 0.390 e. The molecule has 19 heteroatoms. The lowest BCUT2D eigenvalue weighted by Gasteiger charge is -2.34. The monoisotopic (exact) mass is 890 g/mol. The molecule has 3 N–H and O–H groups in total. The molecule has 5 aromatic rings. The predicted molar refractivity (Wildman–Crippen MR) is 234 cm³/mol. The highest BCUT2D eigenvalue weighted by Gasteiger charge is 2.32. The fraction of sp³-hybridized carbons (Fsp3) is 0.556. The molecule has 2 saturated heterocycles. The van der Waals surface area contributed by atoms with Crippen LogP contribution in [0.2, 0.25) is 0 Å². The second-order valence-corrected chi connectivity index (χ2v) is 17.1. The van der Waals surface area contributed by atoms with Gasteiger partial charge in [0, 0.05) is 77.6 Å². The quantitative estimate of drug-likeness (QED) is 0.0816. The molecule has 3 aromatic heterocycles. The van der Waals surface area contributed by atoms with Crippen LogP contribution >= 0.6 is 0 Å². The van der Waals surface area contributed by atoms with Crippen molar-refractivity contribution in [2.45, 2.75) is 88.7 Å². The Kier molecular flexibility index (Phi) is 14.4. The minimum absolute atomic E-state index is 0.0193. The van der Waals surface area contributed by atoms with Crippen molar-refractivity contribution in [2.24, 2.45) is 7.05 Å². The first kappa shape index (κ1) is 45.4. The normalized spacial score (nSPS) is 20.4. The van der Waals surface area contributed by atoms with Gasteiger partial charge in [-0.15, -0.1) is 0 Å². The second kappa shape index (κ2) is 20.3. The van der Waals surface area contributed by atoms with Gasteiger partial charge in [0.15, 0.2) is 5.65 Å². The number of halogens is 3. The lowest BCUT2D eigenvalue weighted by Crippen LogP contribution is -2.46. The molecule has 2 amide bonds. The second-order valence-electron chi connectivity index (χ2n) is 17.1. The number of aryl methyl sites for hydroxylation is 2. The summed E-state index contributed by atoms with van der Waals surface area (Å²) in [7, 11) is 1.70. The van der Waals surface area contributed by atoms with Crippen LogP contribution in [0.3, 0.4) is 0 Å². The largest absolute Gasteiger partial charge is 0.393 e. The molecule has 16 nitrogen and oxygen atoms in total. The van der Waals surface area contributed by atoms with E-state index in [1.165, 1.54) is 10.1 Å². The Hall–Kier alpha value is -5.21. The SMILES string of the molecule is Cn1c(=O)n([C@H]2CCC(=O)NC2=O)c2ccc(CCCOCCOCCN3CCN(Cc4ccc(-c5nn([C@H]6CC[C@H](O)CC6)c6nc(NCCC(F)(F)F)ncc56)cc4)CC3)cc21. The van der Waals surface area contributed by atoms with E-state index in [4.69, 9.17) is 14.6 Å². The van der Waals surface area contributed by atoms with E-state index in [0.29, 0.717) is 56.9 Å². The Balaban J connectivity index is 0.736. The Morgan fingerprint density at radius 1 is 0.875 bits per heavy atom. The van der Waals surface area contributed by atoms with Crippen LogP contribution in [0.5, 0.6) is 0 Å². The zero-order valence-corrected chi connectivity index (χ0v) is 36.2. The number of aromatic nitrogens is 6. The lowest BCUT2D eigenvalue weighted by atomic mass is 9.93. The zero-order valence-electron chi connectivity index (χ0n) is 36.2. The molecule has 8 rings (SSSR count). The third-order valence-corrected chi connectivity index (χ3v) is 12.6. The van der Waals surface area contributed by atoms with Gasteiger partial charge < -0.3 is 19.9 Å². The molecule has 0 bridgehead atoms. The van der Waals surface area contributed by atoms with E-state index in [0.717, 1.165) is 92.7 Å². The van der Waals surface area contributed by atoms with Crippen molar-refractivity contribution in [3.8, 4) is 11.3 Å². The van der Waals surface area contributed by atoms with E-state index < -0.39 is 24.5 Å². The van der Waals surface area contributed by atoms with Crippen molar-refractivity contribution in [1.29, 1.82) is 0 Å². The molecule has 344 valence electrons. The number of carbonyl (C=O) groups excluding carboxylic acids is 2. The number of amides is 2. The minimum Gasteiger partial charge on any atom is -0.393 e. The predicted octanol–water partition coefficient (Wildman–Crippen LogP) is 4.75. The summed E-state index contributed by atoms with van der Waals surface area (Å²) >= 11 is 0. The summed E-state index contributed by atoms with van der Waals surface area (Å²) in [5.74, 6) is -0.625. The number of rotatable bonds is 18. The van der Waals surface area contributed by atoms with Gasteiger partial charge in [0.1, 0.15) is 11.7 Å². The third kappa shape index (κ3) is 11.0. The number of ether oxygens (including phenoxy) is 2. The van der Waals surface area contributed by atoms with E-state index in [-0.39, 0.29) is 42.7 Å². The summed E-state index contributed by atoms with van der Waals surface area (Å²) in [6.45, 7) is 7.42. The molecule has 3 aliphatic rings. The van der Waals surface area contributed by atoms with Gasteiger partial charge in [-0.05, 0) is 68.2 Å². The molecule has 0 spiro atoms. The fourth-order valence-corrected chi connectivity index (χ4v) is 8.98. The smallest absolute Gasteiger partial charge is 0.390 e. The van der Waals surface area contributed by atoms with Crippen LogP contribution < -0.4 is 16.3 Å². The van der Waals surface area contributed by atoms with E-state index in [1.807, 2.05) is 22.9 Å². The molecule has 64 heavy (non-hydrogen) atoms. The number of hydrogen-bond acceptors (Lipinski definition) is 12. The van der Waals surface area contributed by atoms with Gasteiger partial charge in [-0.2, -0.15) is 23.3 Å². The van der Waals surface area contributed by atoms with E-state index in [2.05, 4.69) is 54.7 Å². The number of imidazole rings is 1. The first-order valence-corrected chi connectivity index (χ1v) is 22.4. The van der Waals surface area contributed by atoms with Gasteiger partial charge in [0.25, 0.3) is 0 Å². The molecule has 2 aliphatic heterocycles. The van der Waals surface area contributed by atoms with Crippen molar-refractivity contribution in [3.05, 3.63) is 70.3 Å². The van der Waals surface area contributed by atoms with Crippen LogP contribution in [0.4, 0.5) is 19.1 Å². The van der Waals surface area contributed by atoms with Crippen molar-refractivity contribution in [3.63, 3.8) is 0 Å². The maximum absolute atomic E-state index is 13.0. The molecule has 0 unspecified atom stereocenters. The molecule has 1 atom stereocenters. The number of nitrogens with zero attached hydrogens (tertiary/aromatic N) is 8. The van der Waals surface area contributed by atoms with Gasteiger partial charge in [0.05, 0.1) is 54.8 Å². The van der Waals surface area contributed by atoms with Crippen molar-refractivity contribution < 1.29 is 37.3 Å². The molecular weight excluding hydrogens is 834 g/mol. The Morgan fingerprint density at radius 2 is 1.59 bits per heavy atom. The van der Waals surface area contributed by atoms with Gasteiger partial charge in [-0.1, -0.05) is 30.3 Å². The molecule has 3 fully saturated rings. The number of anilines is 1. The summed E-state index contributed by atoms with van der Waals surface area (Å²) in [6, 6.07) is 13.5. The molecular formula is C45H57F3N10O6. The molecule has 2 aromatic carbocycles. The lowest BCUT2D eigenvalue weighted by molar-refractivity contribution is -0.136. The Bertz CT molecular complexity index is 2450. The van der Waals surface area contributed by atoms with E-state index in [1.54, 1.807) is 17.8 Å². The number of alkyl halides is 3. The summed E-state index contributed by atoms with van der Waals surface area (Å²) in [4.78, 5) is 50.9. The summed E-state index contributed by atoms with van der Waals surface area (Å²) in [5.41, 5.74) is 5.61. The van der Waals surface area contributed by atoms with Gasteiger partial charge in [-0.3, -0.25) is 33.8 Å². The molecule has 1 aliphatic carbocycles. The number of imide groups is 1. The van der Waals surface area contributed by atoms with Crippen LogP contribution in [-0.4, -0.2) is 134 Å². The summed E-state index contributed by atoms with van der Waals surface area (Å²) in [5, 5.41) is 20.9. The molecule has 1 saturated carbocycles. The Labute approximate surface area is 368 Å². The van der Waals surface area contributed by atoms with Crippen molar-refractivity contribution >= 4 is 39.8 Å². The topological polar surface area (TPSA) is 174 Å². The highest BCUT2D eigenvalue weighted by Crippen LogP contribution is 2.35. The maximum atomic E-state index is 13.0. The average molecular weight is 891 g/mol. The first-order valence-electron chi connectivity index (χ1n) is 22.4. The number of fused-ring (bicyclic) bond motifs is 2. The zero-order chi connectivity index (χ0) is 44.8. The number of hydrogen-bond donors (Lipinski definition) is 3. The van der Waals surface area contributed by atoms with Crippen LogP contribution in [-0.2, 0) is 39.1 Å². The number of carbonyl (C=O) groups is 2. The first-order chi connectivity index (χ1) is 30.9. The third-order valence-electron chi connectivity index (χ3n) is 12.6. The van der Waals surface area contributed by atoms with Gasteiger partial charge >= 0.3 is 11.9 Å². The number of aliphatic hydroxyl groups excluding tert-OH is 1. The number of piperazine rings is 1. The van der Waals surface area contributed by atoms with Crippen LogP contribution in [0.25, 0.3) is 33.3 Å². The number of aliphatic hydroxyl groups is 1. The standard InChI is InChI=1S/C45H57F3N10O6/c1-54-38-27-30(6-13-36(38)57(44(54)62)37-14-15-39(60)51-42(37)61)3-2-23-63-25-26-64-24-22-55-18-20-56(21-19-55)29-31-4-7-32(8-5-31)40-35-28-50-43(49-17-16-45(46,47)48)52-41(35)58(53-40)33-9-11-34(59)12-10-33/h4-8,13,27-28,33-34,37,59H,2-3,9-12,14-26,29H2,1H3,(H,49,50,52)(H,51,60,61)/t33-,34-,37-/m0/s1. The van der Waals surface area contributed by atoms with Crippen LogP contribution in [0, 0.1) is 0 Å².